The second-order valence-electron chi connectivity index (χ2n) is 6.35. The van der Waals surface area contributed by atoms with E-state index in [-0.39, 0.29) is 6.79 Å². The molecule has 0 aliphatic carbocycles. The zero-order valence-corrected chi connectivity index (χ0v) is 14.9. The summed E-state index contributed by atoms with van der Waals surface area (Å²) in [7, 11) is 4.10. The van der Waals surface area contributed by atoms with Crippen molar-refractivity contribution >= 4 is 12.6 Å². The molecule has 1 aromatic carbocycles. The van der Waals surface area contributed by atoms with Crippen LogP contribution in [-0.4, -0.2) is 46.4 Å². The highest BCUT2D eigenvalue weighted by Gasteiger charge is 2.53. The molecule has 1 aromatic rings. The molecule has 2 rings (SSSR count). The molecule has 0 amide bonds. The van der Waals surface area contributed by atoms with Crippen molar-refractivity contribution in [2.24, 2.45) is 0 Å². The molecule has 1 saturated heterocycles. The van der Waals surface area contributed by atoms with Gasteiger partial charge < -0.3 is 28.3 Å². The van der Waals surface area contributed by atoms with Gasteiger partial charge in [0.2, 0.25) is 0 Å². The minimum absolute atomic E-state index is 0.113. The molecule has 0 radical (unpaired) electrons. The van der Waals surface area contributed by atoms with Crippen LogP contribution in [-0.2, 0) is 14.0 Å². The maximum absolute atomic E-state index is 6.13. The molecule has 0 spiro atoms. The highest BCUT2D eigenvalue weighted by Crippen LogP contribution is 2.39. The Kier molecular flexibility index (Phi) is 5.13. The van der Waals surface area contributed by atoms with Crippen LogP contribution >= 0.6 is 0 Å². The van der Waals surface area contributed by atoms with Crippen LogP contribution in [0, 0.1) is 0 Å². The highest BCUT2D eigenvalue weighted by atomic mass is 16.7. The summed E-state index contributed by atoms with van der Waals surface area (Å²) in [5.74, 6) is 1.68. The fourth-order valence-corrected chi connectivity index (χ4v) is 2.37. The van der Waals surface area contributed by atoms with Crippen LogP contribution in [0.4, 0.5) is 0 Å². The topological polar surface area (TPSA) is 55.4 Å². The molecule has 128 valence electrons. The molecule has 0 unspecified atom stereocenters. The summed E-state index contributed by atoms with van der Waals surface area (Å²) in [6.45, 7) is 8.09. The van der Waals surface area contributed by atoms with Crippen molar-refractivity contribution in [3.05, 3.63) is 12.1 Å². The Morgan fingerprint density at radius 2 is 1.48 bits per heavy atom. The van der Waals surface area contributed by atoms with Crippen LogP contribution < -0.4 is 19.7 Å². The van der Waals surface area contributed by atoms with E-state index in [1.165, 1.54) is 0 Å². The van der Waals surface area contributed by atoms with Crippen molar-refractivity contribution in [3.8, 4) is 17.2 Å². The first-order valence-corrected chi connectivity index (χ1v) is 7.49. The van der Waals surface area contributed by atoms with Crippen molar-refractivity contribution in [1.82, 2.24) is 0 Å². The zero-order valence-electron chi connectivity index (χ0n) is 14.9. The third-order valence-corrected chi connectivity index (χ3v) is 4.37. The van der Waals surface area contributed by atoms with E-state index in [4.69, 9.17) is 28.3 Å². The summed E-state index contributed by atoms with van der Waals surface area (Å²) in [6, 6.07) is 3.57. The van der Waals surface area contributed by atoms with Gasteiger partial charge in [-0.15, -0.1) is 0 Å². The summed E-state index contributed by atoms with van der Waals surface area (Å²) in [6.07, 6.45) is 0. The van der Waals surface area contributed by atoms with E-state index in [1.807, 2.05) is 27.7 Å². The highest BCUT2D eigenvalue weighted by molar-refractivity contribution is 6.64. The zero-order chi connectivity index (χ0) is 17.3. The van der Waals surface area contributed by atoms with Crippen LogP contribution in [0.2, 0.25) is 0 Å². The summed E-state index contributed by atoms with van der Waals surface area (Å²) in [5.41, 5.74) is -0.281. The number of methoxy groups -OCH3 is 3. The minimum atomic E-state index is -0.628. The van der Waals surface area contributed by atoms with E-state index in [2.05, 4.69) is 0 Å². The van der Waals surface area contributed by atoms with Gasteiger partial charge >= 0.3 is 7.12 Å². The van der Waals surface area contributed by atoms with Gasteiger partial charge in [-0.2, -0.15) is 0 Å². The monoisotopic (exact) mass is 324 g/mol. The standard InChI is InChI=1S/C16H25BO6/c1-15(2)16(3,4)23-17(22-15)13-11(21-10-18-5)8-9-12(19-6)14(13)20-7/h8-9H,10H2,1-7H3. The molecular formula is C16H25BO6. The normalized spacial score (nSPS) is 18.8. The molecule has 0 N–H and O–H groups in total. The first kappa shape index (κ1) is 17.9. The first-order chi connectivity index (χ1) is 10.8. The molecule has 1 heterocycles. The molecule has 0 aromatic heterocycles. The number of hydrogen-bond acceptors (Lipinski definition) is 6. The van der Waals surface area contributed by atoms with E-state index in [9.17, 15) is 0 Å². The van der Waals surface area contributed by atoms with Crippen molar-refractivity contribution in [2.45, 2.75) is 38.9 Å². The summed E-state index contributed by atoms with van der Waals surface area (Å²) in [4.78, 5) is 0. The van der Waals surface area contributed by atoms with Crippen LogP contribution in [0.15, 0.2) is 12.1 Å². The lowest BCUT2D eigenvalue weighted by Gasteiger charge is -2.32. The van der Waals surface area contributed by atoms with Gasteiger partial charge in [-0.1, -0.05) is 0 Å². The van der Waals surface area contributed by atoms with Gasteiger partial charge in [-0.3, -0.25) is 0 Å². The van der Waals surface area contributed by atoms with Gasteiger partial charge in [0.1, 0.15) is 5.75 Å². The first-order valence-electron chi connectivity index (χ1n) is 7.49. The van der Waals surface area contributed by atoms with Gasteiger partial charge in [0.05, 0.1) is 30.9 Å². The molecule has 7 heteroatoms. The summed E-state index contributed by atoms with van der Waals surface area (Å²) < 4.78 is 33.8. The Morgan fingerprint density at radius 3 is 1.96 bits per heavy atom. The summed E-state index contributed by atoms with van der Waals surface area (Å²) in [5, 5.41) is 0. The third-order valence-electron chi connectivity index (χ3n) is 4.37. The number of ether oxygens (including phenoxy) is 4. The lowest BCUT2D eigenvalue weighted by molar-refractivity contribution is 0.00578. The number of rotatable bonds is 6. The van der Waals surface area contributed by atoms with Crippen LogP contribution in [0.1, 0.15) is 27.7 Å². The van der Waals surface area contributed by atoms with Gasteiger partial charge in [-0.25, -0.2) is 0 Å². The molecular weight excluding hydrogens is 299 g/mol. The Bertz CT molecular complexity index is 542. The molecule has 23 heavy (non-hydrogen) atoms. The number of hydrogen-bond donors (Lipinski definition) is 0. The molecule has 1 aliphatic heterocycles. The maximum Gasteiger partial charge on any atom is 0.502 e. The summed E-state index contributed by atoms with van der Waals surface area (Å²) >= 11 is 0. The maximum atomic E-state index is 6.13. The van der Waals surface area contributed by atoms with Gasteiger partial charge in [-0.05, 0) is 39.8 Å². The number of benzene rings is 1. The average Bonchev–Trinajstić information content (AvgIpc) is 2.71. The second kappa shape index (κ2) is 6.59. The van der Waals surface area contributed by atoms with Gasteiger partial charge in [0.25, 0.3) is 0 Å². The van der Waals surface area contributed by atoms with Crippen molar-refractivity contribution in [1.29, 1.82) is 0 Å². The van der Waals surface area contributed by atoms with Gasteiger partial charge in [0, 0.05) is 7.11 Å². The average molecular weight is 324 g/mol. The predicted molar refractivity (Wildman–Crippen MR) is 87.8 cm³/mol. The van der Waals surface area contributed by atoms with E-state index >= 15 is 0 Å². The fraction of sp³-hybridized carbons (Fsp3) is 0.625. The van der Waals surface area contributed by atoms with Gasteiger partial charge in [0.15, 0.2) is 18.3 Å². The molecule has 1 aliphatic rings. The van der Waals surface area contributed by atoms with Crippen molar-refractivity contribution in [3.63, 3.8) is 0 Å². The van der Waals surface area contributed by atoms with E-state index in [0.717, 1.165) is 0 Å². The van der Waals surface area contributed by atoms with E-state index < -0.39 is 18.3 Å². The Balaban J connectivity index is 2.50. The fourth-order valence-electron chi connectivity index (χ4n) is 2.37. The van der Waals surface area contributed by atoms with Crippen LogP contribution in [0.3, 0.4) is 0 Å². The Hall–Kier alpha value is -1.44. The van der Waals surface area contributed by atoms with Crippen LogP contribution in [0.25, 0.3) is 0 Å². The largest absolute Gasteiger partial charge is 0.502 e. The molecule has 1 fully saturated rings. The smallest absolute Gasteiger partial charge is 0.493 e. The van der Waals surface area contributed by atoms with E-state index in [0.29, 0.717) is 22.7 Å². The SMILES string of the molecule is COCOc1ccc(OC)c(OC)c1B1OC(C)(C)C(C)(C)O1. The molecule has 0 saturated carbocycles. The second-order valence-corrected chi connectivity index (χ2v) is 6.35. The Labute approximate surface area is 138 Å². The lowest BCUT2D eigenvalue weighted by atomic mass is 9.77. The lowest BCUT2D eigenvalue weighted by Crippen LogP contribution is -2.41. The molecule has 0 atom stereocenters. The quantitative estimate of drug-likeness (QED) is 0.589. The Morgan fingerprint density at radius 1 is 0.913 bits per heavy atom. The minimum Gasteiger partial charge on any atom is -0.493 e. The third kappa shape index (κ3) is 3.27. The molecule has 6 nitrogen and oxygen atoms in total. The molecule has 0 bridgehead atoms. The van der Waals surface area contributed by atoms with Crippen molar-refractivity contribution in [2.75, 3.05) is 28.1 Å². The predicted octanol–water partition coefficient (Wildman–Crippen LogP) is 1.99. The van der Waals surface area contributed by atoms with Crippen LogP contribution in [0.5, 0.6) is 17.2 Å². The van der Waals surface area contributed by atoms with Crippen molar-refractivity contribution < 1.29 is 28.3 Å². The van der Waals surface area contributed by atoms with E-state index in [1.54, 1.807) is 33.5 Å².